The predicted octanol–water partition coefficient (Wildman–Crippen LogP) is 2.26. The average molecular weight is 290 g/mol. The van der Waals surface area contributed by atoms with Crippen LogP contribution in [-0.4, -0.2) is 16.9 Å². The maximum atomic E-state index is 5.98. The molecular weight excluding hydrogens is 272 g/mol. The van der Waals surface area contributed by atoms with E-state index in [-0.39, 0.29) is 0 Å². The van der Waals surface area contributed by atoms with Crippen LogP contribution < -0.4 is 10.4 Å². The normalized spacial score (nSPS) is 10.5. The molecule has 0 spiro atoms. The van der Waals surface area contributed by atoms with E-state index in [4.69, 9.17) is 6.42 Å². The second-order valence-corrected chi connectivity index (χ2v) is 10.3. The molecule has 0 aromatic heterocycles. The first-order chi connectivity index (χ1) is 9.69. The molecule has 0 bridgehead atoms. The summed E-state index contributed by atoms with van der Waals surface area (Å²) in [6.45, 7) is 4.40. The fourth-order valence-corrected chi connectivity index (χ4v) is 6.27. The number of hydrogen-bond donors (Lipinski definition) is 0. The van der Waals surface area contributed by atoms with Gasteiger partial charge in [0.05, 0.1) is 0 Å². The van der Waals surface area contributed by atoms with Crippen LogP contribution in [0.2, 0.25) is 13.1 Å². The van der Waals surface area contributed by atoms with E-state index in [1.807, 2.05) is 36.4 Å². The summed E-state index contributed by atoms with van der Waals surface area (Å²) in [6, 6.07) is 20.7. The molecule has 0 atom stereocenters. The quantitative estimate of drug-likeness (QED) is 0.588. The molecule has 0 aliphatic carbocycles. The van der Waals surface area contributed by atoms with Crippen LogP contribution in [-0.2, 0) is 0 Å². The maximum absolute atomic E-state index is 5.98. The largest absolute Gasteiger partial charge is 0.274 e. The van der Waals surface area contributed by atoms with Gasteiger partial charge in [0, 0.05) is 0 Å². The van der Waals surface area contributed by atoms with Gasteiger partial charge in [-0.2, -0.15) is 0 Å². The molecule has 0 saturated carbocycles. The van der Waals surface area contributed by atoms with E-state index < -0.39 is 16.9 Å². The van der Waals surface area contributed by atoms with Crippen molar-refractivity contribution in [2.45, 2.75) is 13.1 Å². The van der Waals surface area contributed by atoms with Gasteiger partial charge in [0.25, 0.3) is 8.07 Å². The van der Waals surface area contributed by atoms with Crippen molar-refractivity contribution in [1.82, 2.24) is 0 Å². The molecule has 0 unspecified atom stereocenters. The Hall–Kier alpha value is -2.01. The molecule has 97 valence electrons. The van der Waals surface area contributed by atoms with Crippen molar-refractivity contribution in [3.63, 3.8) is 0 Å². The highest BCUT2D eigenvalue weighted by molar-refractivity contribution is 7.13. The van der Waals surface area contributed by atoms with Gasteiger partial charge < -0.3 is 0 Å². The van der Waals surface area contributed by atoms with Gasteiger partial charge in [0.2, 0.25) is 0 Å². The topological polar surface area (TPSA) is 0 Å². The lowest BCUT2D eigenvalue weighted by atomic mass is 10.4. The second-order valence-electron chi connectivity index (χ2n) is 4.88. The molecule has 0 saturated heterocycles. The highest BCUT2D eigenvalue weighted by Gasteiger charge is 2.34. The van der Waals surface area contributed by atoms with E-state index in [0.29, 0.717) is 0 Å². The van der Waals surface area contributed by atoms with Gasteiger partial charge in [-0.05, 0) is 10.4 Å². The standard InChI is InChI=1S/C18H17Si2/c1-4-20(16-15-19(2)3,17-11-7-5-8-12-17)18-13-9-6-10-14-18/h1,5-14H,2-3H3. The van der Waals surface area contributed by atoms with Crippen molar-refractivity contribution in [3.8, 4) is 23.1 Å². The fourth-order valence-electron chi connectivity index (χ4n) is 2.11. The van der Waals surface area contributed by atoms with Crippen molar-refractivity contribution < 1.29 is 0 Å². The predicted molar refractivity (Wildman–Crippen MR) is 92.0 cm³/mol. The first-order valence-corrected chi connectivity index (χ1v) is 11.1. The Morgan fingerprint density at radius 1 is 0.850 bits per heavy atom. The molecule has 0 fully saturated rings. The highest BCUT2D eigenvalue weighted by Crippen LogP contribution is 2.04. The zero-order valence-electron chi connectivity index (χ0n) is 11.9. The minimum absolute atomic E-state index is 0.613. The summed E-state index contributed by atoms with van der Waals surface area (Å²) in [6.07, 6.45) is 5.98. The lowest BCUT2D eigenvalue weighted by Gasteiger charge is -2.21. The molecule has 20 heavy (non-hydrogen) atoms. The van der Waals surface area contributed by atoms with E-state index in [1.165, 1.54) is 10.4 Å². The minimum atomic E-state index is -2.39. The number of rotatable bonds is 2. The third kappa shape index (κ3) is 2.94. The van der Waals surface area contributed by atoms with Gasteiger partial charge in [0.15, 0.2) is 0 Å². The summed E-state index contributed by atoms with van der Waals surface area (Å²) < 4.78 is 0. The molecule has 0 N–H and O–H groups in total. The Morgan fingerprint density at radius 3 is 1.65 bits per heavy atom. The van der Waals surface area contributed by atoms with Crippen LogP contribution in [0.5, 0.6) is 0 Å². The molecule has 0 amide bonds. The monoisotopic (exact) mass is 289 g/mol. The van der Waals surface area contributed by atoms with Gasteiger partial charge in [-0.1, -0.05) is 73.8 Å². The molecular formula is C18H17Si2. The molecule has 0 aliphatic heterocycles. The summed E-state index contributed by atoms with van der Waals surface area (Å²) in [5, 5.41) is 2.40. The van der Waals surface area contributed by atoms with E-state index in [2.05, 4.69) is 54.0 Å². The Morgan fingerprint density at radius 2 is 1.30 bits per heavy atom. The molecule has 2 aromatic carbocycles. The lowest BCUT2D eigenvalue weighted by Crippen LogP contribution is -2.57. The molecule has 2 rings (SSSR count). The zero-order valence-corrected chi connectivity index (χ0v) is 13.9. The van der Waals surface area contributed by atoms with Crippen LogP contribution in [0.15, 0.2) is 60.7 Å². The Kier molecular flexibility index (Phi) is 4.63. The molecule has 0 nitrogen and oxygen atoms in total. The summed E-state index contributed by atoms with van der Waals surface area (Å²) in [4.78, 5) is 0. The molecule has 2 heteroatoms. The van der Waals surface area contributed by atoms with Gasteiger partial charge >= 0.3 is 0 Å². The van der Waals surface area contributed by atoms with Crippen LogP contribution in [0.3, 0.4) is 0 Å². The zero-order chi connectivity index (χ0) is 14.4. The Labute approximate surface area is 124 Å². The molecule has 2 aromatic rings. The summed E-state index contributed by atoms with van der Waals surface area (Å²) in [5.74, 6) is 0. The molecule has 0 aliphatic rings. The third-order valence-electron chi connectivity index (χ3n) is 3.13. The smallest absolute Gasteiger partial charge is 0.139 e. The van der Waals surface area contributed by atoms with E-state index in [1.54, 1.807) is 0 Å². The Bertz CT molecular complexity index is 616. The van der Waals surface area contributed by atoms with E-state index in [0.717, 1.165) is 0 Å². The van der Waals surface area contributed by atoms with Crippen molar-refractivity contribution in [1.29, 1.82) is 0 Å². The highest BCUT2D eigenvalue weighted by atomic mass is 28.3. The minimum Gasteiger partial charge on any atom is -0.139 e. The number of benzene rings is 2. The first kappa shape index (κ1) is 14.4. The van der Waals surface area contributed by atoms with Crippen molar-refractivity contribution >= 4 is 27.2 Å². The maximum Gasteiger partial charge on any atom is 0.274 e. The van der Waals surface area contributed by atoms with Crippen LogP contribution in [0.25, 0.3) is 0 Å². The van der Waals surface area contributed by atoms with E-state index >= 15 is 0 Å². The van der Waals surface area contributed by atoms with Crippen molar-refractivity contribution in [3.05, 3.63) is 60.7 Å². The van der Waals surface area contributed by atoms with Crippen LogP contribution in [0.4, 0.5) is 0 Å². The van der Waals surface area contributed by atoms with Gasteiger partial charge in [-0.15, -0.1) is 23.1 Å². The van der Waals surface area contributed by atoms with Crippen molar-refractivity contribution in [2.24, 2.45) is 0 Å². The second kappa shape index (κ2) is 6.43. The van der Waals surface area contributed by atoms with Gasteiger partial charge in [0.1, 0.15) is 8.80 Å². The summed E-state index contributed by atoms with van der Waals surface area (Å²) in [7, 11) is -3.01. The average Bonchev–Trinajstić information content (AvgIpc) is 2.50. The number of hydrogen-bond acceptors (Lipinski definition) is 0. The molecule has 1 radical (unpaired) electrons. The third-order valence-corrected chi connectivity index (χ3v) is 7.34. The van der Waals surface area contributed by atoms with Gasteiger partial charge in [-0.3, -0.25) is 0 Å². The number of terminal acetylenes is 1. The Balaban J connectivity index is 2.67. The fraction of sp³-hybridized carbons (Fsp3) is 0.111. The van der Waals surface area contributed by atoms with Crippen LogP contribution >= 0.6 is 0 Å². The summed E-state index contributed by atoms with van der Waals surface area (Å²) >= 11 is 0. The SMILES string of the molecule is C#C[Si](C#C[Si](C)C)(c1ccccc1)c1ccccc1. The molecule has 0 heterocycles. The summed E-state index contributed by atoms with van der Waals surface area (Å²) in [5.41, 5.74) is 10.0. The van der Waals surface area contributed by atoms with Crippen LogP contribution in [0.1, 0.15) is 0 Å². The van der Waals surface area contributed by atoms with Gasteiger partial charge in [-0.25, -0.2) is 0 Å². The first-order valence-electron chi connectivity index (χ1n) is 6.61. The lowest BCUT2D eigenvalue weighted by molar-refractivity contribution is 1.72. The van der Waals surface area contributed by atoms with Crippen molar-refractivity contribution in [2.75, 3.05) is 0 Å². The van der Waals surface area contributed by atoms with E-state index in [9.17, 15) is 0 Å². The van der Waals surface area contributed by atoms with Crippen LogP contribution in [0, 0.1) is 23.1 Å².